The number of rotatable bonds is 10. The molecular weight excluding hydrogens is 388 g/mol. The number of ether oxygens (including phenoxy) is 1. The first-order valence-electron chi connectivity index (χ1n) is 9.70. The maximum atomic E-state index is 11.5. The number of hydrogen-bond acceptors (Lipinski definition) is 4. The molecule has 0 aliphatic heterocycles. The Morgan fingerprint density at radius 3 is 2.59 bits per heavy atom. The predicted octanol–water partition coefficient (Wildman–Crippen LogP) is 2.56. The molecule has 0 saturated heterocycles. The zero-order chi connectivity index (χ0) is 21.1. The first kappa shape index (κ1) is 22.9. The molecular formula is C21H30N4O3S. The highest BCUT2D eigenvalue weighted by Crippen LogP contribution is 2.15. The molecule has 0 heterocycles. The third-order valence-electron chi connectivity index (χ3n) is 4.24. The van der Waals surface area contributed by atoms with E-state index in [-0.39, 0.29) is 11.0 Å². The molecule has 4 N–H and O–H groups in total. The molecule has 0 aromatic heterocycles. The third-order valence-corrected chi connectivity index (χ3v) is 5.15. The van der Waals surface area contributed by atoms with Gasteiger partial charge in [0.2, 0.25) is 10.0 Å². The van der Waals surface area contributed by atoms with Gasteiger partial charge in [0.15, 0.2) is 5.96 Å². The lowest BCUT2D eigenvalue weighted by atomic mass is 10.1. The van der Waals surface area contributed by atoms with Crippen molar-refractivity contribution < 1.29 is 13.2 Å². The second kappa shape index (κ2) is 11.5. The minimum absolute atomic E-state index is 0.0594. The van der Waals surface area contributed by atoms with Crippen LogP contribution in [0.3, 0.4) is 0 Å². The number of aliphatic imine (C=N–C) groups is 1. The van der Waals surface area contributed by atoms with Gasteiger partial charge in [0.25, 0.3) is 0 Å². The molecule has 2 aromatic carbocycles. The van der Waals surface area contributed by atoms with E-state index >= 15 is 0 Å². The Morgan fingerprint density at radius 1 is 1.14 bits per heavy atom. The van der Waals surface area contributed by atoms with E-state index in [1.165, 1.54) is 6.07 Å². The standard InChI is InChI=1S/C21H30N4O3S/c1-3-23-21(25-16-18-9-7-12-20(15-18)29(22,26)27)24-13-8-14-28-17(2)19-10-5-4-6-11-19/h4-7,9-12,15,17H,3,8,13-14,16H2,1-2H3,(H2,22,26,27)(H2,23,24,25). The monoisotopic (exact) mass is 418 g/mol. The number of nitrogens with two attached hydrogens (primary N) is 1. The van der Waals surface area contributed by atoms with Crippen LogP contribution in [0.25, 0.3) is 0 Å². The quantitative estimate of drug-likeness (QED) is 0.312. The van der Waals surface area contributed by atoms with Crippen molar-refractivity contribution in [3.8, 4) is 0 Å². The summed E-state index contributed by atoms with van der Waals surface area (Å²) in [7, 11) is -3.72. The van der Waals surface area contributed by atoms with Crippen molar-refractivity contribution in [2.75, 3.05) is 19.7 Å². The van der Waals surface area contributed by atoms with E-state index in [9.17, 15) is 8.42 Å². The number of primary sulfonamides is 1. The van der Waals surface area contributed by atoms with Gasteiger partial charge in [-0.15, -0.1) is 0 Å². The summed E-state index contributed by atoms with van der Waals surface area (Å²) in [6.45, 7) is 6.46. The predicted molar refractivity (Wildman–Crippen MR) is 116 cm³/mol. The van der Waals surface area contributed by atoms with Gasteiger partial charge in [-0.05, 0) is 43.5 Å². The maximum absolute atomic E-state index is 11.5. The lowest BCUT2D eigenvalue weighted by molar-refractivity contribution is 0.0646. The number of nitrogens with zero attached hydrogens (tertiary/aromatic N) is 1. The topological polar surface area (TPSA) is 106 Å². The fourth-order valence-corrected chi connectivity index (χ4v) is 3.28. The molecule has 29 heavy (non-hydrogen) atoms. The van der Waals surface area contributed by atoms with Gasteiger partial charge in [-0.1, -0.05) is 42.5 Å². The summed E-state index contributed by atoms with van der Waals surface area (Å²) in [4.78, 5) is 4.60. The Morgan fingerprint density at radius 2 is 1.90 bits per heavy atom. The second-order valence-corrected chi connectivity index (χ2v) is 8.15. The lowest BCUT2D eigenvalue weighted by Gasteiger charge is -2.14. The van der Waals surface area contributed by atoms with E-state index in [1.54, 1.807) is 12.1 Å². The molecule has 158 valence electrons. The van der Waals surface area contributed by atoms with Crippen molar-refractivity contribution in [1.82, 2.24) is 10.6 Å². The molecule has 0 bridgehead atoms. The largest absolute Gasteiger partial charge is 0.374 e. The molecule has 7 nitrogen and oxygen atoms in total. The van der Waals surface area contributed by atoms with E-state index in [0.29, 0.717) is 25.7 Å². The zero-order valence-corrected chi connectivity index (χ0v) is 17.8. The van der Waals surface area contributed by atoms with Crippen molar-refractivity contribution in [2.45, 2.75) is 37.8 Å². The molecule has 0 amide bonds. The van der Waals surface area contributed by atoms with Crippen LogP contribution >= 0.6 is 0 Å². The molecule has 0 radical (unpaired) electrons. The van der Waals surface area contributed by atoms with Crippen molar-refractivity contribution >= 4 is 16.0 Å². The summed E-state index contributed by atoms with van der Waals surface area (Å²) in [5.41, 5.74) is 1.94. The van der Waals surface area contributed by atoms with Crippen molar-refractivity contribution in [3.63, 3.8) is 0 Å². The van der Waals surface area contributed by atoms with E-state index in [4.69, 9.17) is 9.88 Å². The number of hydrogen-bond donors (Lipinski definition) is 3. The van der Waals surface area contributed by atoms with Gasteiger partial charge in [0.05, 0.1) is 17.5 Å². The lowest BCUT2D eigenvalue weighted by Crippen LogP contribution is -2.38. The van der Waals surface area contributed by atoms with Gasteiger partial charge in [-0.25, -0.2) is 18.5 Å². The van der Waals surface area contributed by atoms with Crippen LogP contribution < -0.4 is 15.8 Å². The number of sulfonamides is 1. The van der Waals surface area contributed by atoms with E-state index in [1.807, 2.05) is 38.1 Å². The van der Waals surface area contributed by atoms with Gasteiger partial charge in [-0.2, -0.15) is 0 Å². The molecule has 2 rings (SSSR count). The fraction of sp³-hybridized carbons (Fsp3) is 0.381. The molecule has 1 atom stereocenters. The number of benzene rings is 2. The van der Waals surface area contributed by atoms with Gasteiger partial charge < -0.3 is 15.4 Å². The normalized spacial score (nSPS) is 13.1. The average molecular weight is 419 g/mol. The highest BCUT2D eigenvalue weighted by atomic mass is 32.2. The van der Waals surface area contributed by atoms with Crippen LogP contribution in [0.15, 0.2) is 64.5 Å². The Hall–Kier alpha value is -2.42. The van der Waals surface area contributed by atoms with Gasteiger partial charge in [0.1, 0.15) is 0 Å². The van der Waals surface area contributed by atoms with Crippen LogP contribution in [0.4, 0.5) is 0 Å². The van der Waals surface area contributed by atoms with Crippen LogP contribution in [0.1, 0.15) is 37.5 Å². The average Bonchev–Trinajstić information content (AvgIpc) is 2.71. The molecule has 0 aliphatic rings. The minimum atomic E-state index is -3.72. The third kappa shape index (κ3) is 8.23. The zero-order valence-electron chi connectivity index (χ0n) is 17.0. The highest BCUT2D eigenvalue weighted by Gasteiger charge is 2.08. The Bertz CT molecular complexity index is 886. The summed E-state index contributed by atoms with van der Waals surface area (Å²) < 4.78 is 28.8. The van der Waals surface area contributed by atoms with Crippen molar-refractivity contribution in [1.29, 1.82) is 0 Å². The Balaban J connectivity index is 1.80. The summed E-state index contributed by atoms with van der Waals surface area (Å²) in [6, 6.07) is 16.6. The minimum Gasteiger partial charge on any atom is -0.374 e. The SMILES string of the molecule is CCNC(=NCc1cccc(S(N)(=O)=O)c1)NCCCOC(C)c1ccccc1. The van der Waals surface area contributed by atoms with Crippen LogP contribution in [-0.4, -0.2) is 34.1 Å². The van der Waals surface area contributed by atoms with E-state index in [0.717, 1.165) is 24.1 Å². The summed E-state index contributed by atoms with van der Waals surface area (Å²) in [6.07, 6.45) is 0.895. The molecule has 2 aromatic rings. The summed E-state index contributed by atoms with van der Waals surface area (Å²) >= 11 is 0. The van der Waals surface area contributed by atoms with Crippen molar-refractivity contribution in [2.24, 2.45) is 10.1 Å². The Kier molecular flexibility index (Phi) is 9.11. The Labute approximate surface area is 173 Å². The second-order valence-electron chi connectivity index (χ2n) is 6.59. The van der Waals surface area contributed by atoms with Crippen LogP contribution in [0.5, 0.6) is 0 Å². The molecule has 8 heteroatoms. The maximum Gasteiger partial charge on any atom is 0.238 e. The molecule has 1 unspecified atom stereocenters. The first-order chi connectivity index (χ1) is 13.9. The highest BCUT2D eigenvalue weighted by molar-refractivity contribution is 7.89. The first-order valence-corrected chi connectivity index (χ1v) is 11.2. The van der Waals surface area contributed by atoms with Gasteiger partial charge in [0, 0.05) is 19.7 Å². The van der Waals surface area contributed by atoms with Crippen LogP contribution in [-0.2, 0) is 21.3 Å². The smallest absolute Gasteiger partial charge is 0.238 e. The molecule has 0 saturated carbocycles. The molecule has 0 aliphatic carbocycles. The van der Waals surface area contributed by atoms with Gasteiger partial charge >= 0.3 is 0 Å². The van der Waals surface area contributed by atoms with E-state index < -0.39 is 10.0 Å². The van der Waals surface area contributed by atoms with Gasteiger partial charge in [-0.3, -0.25) is 0 Å². The summed E-state index contributed by atoms with van der Waals surface area (Å²) in [5.74, 6) is 0.671. The van der Waals surface area contributed by atoms with Crippen LogP contribution in [0.2, 0.25) is 0 Å². The molecule has 0 fully saturated rings. The fourth-order valence-electron chi connectivity index (χ4n) is 2.69. The van der Waals surface area contributed by atoms with E-state index in [2.05, 4.69) is 27.8 Å². The number of guanidine groups is 1. The molecule has 0 spiro atoms. The number of nitrogens with one attached hydrogen (secondary N) is 2. The van der Waals surface area contributed by atoms with Crippen molar-refractivity contribution in [3.05, 3.63) is 65.7 Å². The summed E-state index contributed by atoms with van der Waals surface area (Å²) in [5, 5.41) is 11.6. The van der Waals surface area contributed by atoms with Crippen LogP contribution in [0, 0.1) is 0 Å².